The fraction of sp³-hybridized carbons (Fsp3) is 0.579. The number of carbonyl (C=O) groups is 2. The zero-order valence-electron chi connectivity index (χ0n) is 15.0. The van der Waals surface area contributed by atoms with E-state index >= 15 is 0 Å². The summed E-state index contributed by atoms with van der Waals surface area (Å²) in [6.07, 6.45) is 2.28. The molecule has 1 N–H and O–H groups in total. The van der Waals surface area contributed by atoms with Crippen molar-refractivity contribution in [1.82, 2.24) is 10.2 Å². The standard InChI is InChI=1S/C19H27N3O3/c1-3-12-21(15-8-10-20-11-9-15)18(23)13-22-16-6-4-5-7-17(16)25-14(2)19(22)24/h4-7,14-15,20H,3,8-13H2,1-2H3. The van der Waals surface area contributed by atoms with Crippen LogP contribution in [0, 0.1) is 0 Å². The minimum absolute atomic E-state index is 0.0194. The molecule has 0 saturated carbocycles. The maximum Gasteiger partial charge on any atom is 0.268 e. The molecular formula is C19H27N3O3. The van der Waals surface area contributed by atoms with Gasteiger partial charge in [-0.25, -0.2) is 0 Å². The molecule has 1 aromatic carbocycles. The molecule has 1 unspecified atom stereocenters. The number of benzene rings is 1. The van der Waals surface area contributed by atoms with Crippen molar-refractivity contribution in [2.24, 2.45) is 0 Å². The van der Waals surface area contributed by atoms with Gasteiger partial charge in [0.15, 0.2) is 6.10 Å². The number of para-hydroxylation sites is 2. The van der Waals surface area contributed by atoms with E-state index in [1.807, 2.05) is 29.2 Å². The Labute approximate surface area is 149 Å². The van der Waals surface area contributed by atoms with Crippen molar-refractivity contribution in [3.05, 3.63) is 24.3 Å². The van der Waals surface area contributed by atoms with Gasteiger partial charge < -0.3 is 15.0 Å². The summed E-state index contributed by atoms with van der Waals surface area (Å²) in [4.78, 5) is 29.2. The molecule has 0 aliphatic carbocycles. The van der Waals surface area contributed by atoms with Crippen LogP contribution < -0.4 is 15.0 Å². The van der Waals surface area contributed by atoms with Crippen LogP contribution >= 0.6 is 0 Å². The molecule has 6 nitrogen and oxygen atoms in total. The number of hydrogen-bond donors (Lipinski definition) is 1. The van der Waals surface area contributed by atoms with Gasteiger partial charge in [0, 0.05) is 12.6 Å². The smallest absolute Gasteiger partial charge is 0.268 e. The summed E-state index contributed by atoms with van der Waals surface area (Å²) in [5.41, 5.74) is 0.681. The molecule has 136 valence electrons. The number of ether oxygens (including phenoxy) is 1. The molecule has 2 aliphatic heterocycles. The van der Waals surface area contributed by atoms with E-state index in [4.69, 9.17) is 4.74 Å². The van der Waals surface area contributed by atoms with Crippen molar-refractivity contribution >= 4 is 17.5 Å². The number of carbonyl (C=O) groups excluding carboxylic acids is 2. The van der Waals surface area contributed by atoms with Gasteiger partial charge >= 0.3 is 0 Å². The predicted octanol–water partition coefficient (Wildman–Crippen LogP) is 1.79. The molecule has 2 heterocycles. The number of nitrogens with one attached hydrogen (secondary N) is 1. The van der Waals surface area contributed by atoms with Gasteiger partial charge in [-0.1, -0.05) is 19.1 Å². The van der Waals surface area contributed by atoms with Gasteiger partial charge in [0.1, 0.15) is 12.3 Å². The Kier molecular flexibility index (Phi) is 5.58. The largest absolute Gasteiger partial charge is 0.479 e. The zero-order valence-corrected chi connectivity index (χ0v) is 15.0. The van der Waals surface area contributed by atoms with E-state index in [2.05, 4.69) is 12.2 Å². The molecule has 0 spiro atoms. The highest BCUT2D eigenvalue weighted by Gasteiger charge is 2.34. The lowest BCUT2D eigenvalue weighted by atomic mass is 10.0. The van der Waals surface area contributed by atoms with Crippen molar-refractivity contribution < 1.29 is 14.3 Å². The number of fused-ring (bicyclic) bond motifs is 1. The van der Waals surface area contributed by atoms with Crippen molar-refractivity contribution in [3.63, 3.8) is 0 Å². The molecular weight excluding hydrogens is 318 g/mol. The van der Waals surface area contributed by atoms with E-state index in [9.17, 15) is 9.59 Å². The third-order valence-corrected chi connectivity index (χ3v) is 4.90. The van der Waals surface area contributed by atoms with Crippen molar-refractivity contribution in [2.45, 2.75) is 45.3 Å². The van der Waals surface area contributed by atoms with Crippen LogP contribution in [0.15, 0.2) is 24.3 Å². The molecule has 0 bridgehead atoms. The van der Waals surface area contributed by atoms with Crippen molar-refractivity contribution in [1.29, 1.82) is 0 Å². The molecule has 0 radical (unpaired) electrons. The van der Waals surface area contributed by atoms with Crippen LogP contribution in [-0.4, -0.2) is 55.0 Å². The lowest BCUT2D eigenvalue weighted by molar-refractivity contribution is -0.135. The van der Waals surface area contributed by atoms with Gasteiger partial charge in [0.2, 0.25) is 5.91 Å². The maximum atomic E-state index is 13.0. The Morgan fingerprint density at radius 3 is 2.76 bits per heavy atom. The third-order valence-electron chi connectivity index (χ3n) is 4.90. The monoisotopic (exact) mass is 345 g/mol. The summed E-state index contributed by atoms with van der Waals surface area (Å²) < 4.78 is 5.66. The number of anilines is 1. The molecule has 2 amide bonds. The normalized spacial score (nSPS) is 20.8. The molecule has 1 aromatic rings. The molecule has 2 aliphatic rings. The average molecular weight is 345 g/mol. The summed E-state index contributed by atoms with van der Waals surface area (Å²) in [5.74, 6) is 0.520. The summed E-state index contributed by atoms with van der Waals surface area (Å²) in [6, 6.07) is 7.67. The molecule has 1 fully saturated rings. The minimum atomic E-state index is -0.568. The molecule has 3 rings (SSSR count). The Balaban J connectivity index is 1.79. The number of nitrogens with zero attached hydrogens (tertiary/aromatic N) is 2. The van der Waals surface area contributed by atoms with Crippen molar-refractivity contribution in [2.75, 3.05) is 31.1 Å². The minimum Gasteiger partial charge on any atom is -0.479 e. The maximum absolute atomic E-state index is 13.0. The highest BCUT2D eigenvalue weighted by molar-refractivity contribution is 6.03. The highest BCUT2D eigenvalue weighted by Crippen LogP contribution is 2.33. The second-order valence-corrected chi connectivity index (χ2v) is 6.72. The Morgan fingerprint density at radius 1 is 1.32 bits per heavy atom. The number of rotatable bonds is 5. The number of piperidine rings is 1. The van der Waals surface area contributed by atoms with Gasteiger partial charge in [-0.3, -0.25) is 14.5 Å². The van der Waals surface area contributed by atoms with Gasteiger partial charge in [-0.15, -0.1) is 0 Å². The Morgan fingerprint density at radius 2 is 2.04 bits per heavy atom. The van der Waals surface area contributed by atoms with Crippen LogP contribution in [-0.2, 0) is 9.59 Å². The molecule has 6 heteroatoms. The molecule has 1 saturated heterocycles. The van der Waals surface area contributed by atoms with Crippen LogP contribution in [0.25, 0.3) is 0 Å². The number of hydrogen-bond acceptors (Lipinski definition) is 4. The molecule has 0 aromatic heterocycles. The Bertz CT molecular complexity index is 628. The predicted molar refractivity (Wildman–Crippen MR) is 96.8 cm³/mol. The summed E-state index contributed by atoms with van der Waals surface area (Å²) in [7, 11) is 0. The van der Waals surface area contributed by atoms with Crippen LogP contribution in [0.2, 0.25) is 0 Å². The van der Waals surface area contributed by atoms with E-state index in [-0.39, 0.29) is 24.4 Å². The van der Waals surface area contributed by atoms with E-state index in [1.54, 1.807) is 11.8 Å². The number of amides is 2. The fourth-order valence-corrected chi connectivity index (χ4v) is 3.62. The Hall–Kier alpha value is -2.08. The highest BCUT2D eigenvalue weighted by atomic mass is 16.5. The lowest BCUT2D eigenvalue weighted by Gasteiger charge is -2.37. The van der Waals surface area contributed by atoms with E-state index < -0.39 is 6.10 Å². The molecule has 25 heavy (non-hydrogen) atoms. The van der Waals surface area contributed by atoms with Crippen LogP contribution in [0.5, 0.6) is 5.75 Å². The second kappa shape index (κ2) is 7.87. The summed E-state index contributed by atoms with van der Waals surface area (Å²) in [6.45, 7) is 6.50. The first-order valence-electron chi connectivity index (χ1n) is 9.19. The average Bonchev–Trinajstić information content (AvgIpc) is 2.64. The second-order valence-electron chi connectivity index (χ2n) is 6.72. The zero-order chi connectivity index (χ0) is 17.8. The summed E-state index contributed by atoms with van der Waals surface area (Å²) >= 11 is 0. The van der Waals surface area contributed by atoms with Gasteiger partial charge in [-0.2, -0.15) is 0 Å². The quantitative estimate of drug-likeness (QED) is 0.884. The van der Waals surface area contributed by atoms with Gasteiger partial charge in [-0.05, 0) is 51.4 Å². The SMILES string of the molecule is CCCN(C(=O)CN1C(=O)C(C)Oc2ccccc21)C1CCNCC1. The summed E-state index contributed by atoms with van der Waals surface area (Å²) in [5, 5.41) is 3.34. The molecule has 1 atom stereocenters. The topological polar surface area (TPSA) is 61.9 Å². The van der Waals surface area contributed by atoms with Crippen LogP contribution in [0.3, 0.4) is 0 Å². The van der Waals surface area contributed by atoms with Crippen LogP contribution in [0.4, 0.5) is 5.69 Å². The van der Waals surface area contributed by atoms with E-state index in [1.165, 1.54) is 0 Å². The van der Waals surface area contributed by atoms with E-state index in [0.717, 1.165) is 38.9 Å². The fourth-order valence-electron chi connectivity index (χ4n) is 3.62. The van der Waals surface area contributed by atoms with E-state index in [0.29, 0.717) is 11.4 Å². The van der Waals surface area contributed by atoms with Gasteiger partial charge in [0.25, 0.3) is 5.91 Å². The first-order valence-corrected chi connectivity index (χ1v) is 9.19. The van der Waals surface area contributed by atoms with Gasteiger partial charge in [0.05, 0.1) is 5.69 Å². The first-order chi connectivity index (χ1) is 12.1. The van der Waals surface area contributed by atoms with Crippen molar-refractivity contribution in [3.8, 4) is 5.75 Å². The third kappa shape index (κ3) is 3.79. The first kappa shape index (κ1) is 17.7. The lowest BCUT2D eigenvalue weighted by Crippen LogP contribution is -2.53. The van der Waals surface area contributed by atoms with Crippen LogP contribution in [0.1, 0.15) is 33.1 Å².